The zero-order valence-electron chi connectivity index (χ0n) is 9.75. The van der Waals surface area contributed by atoms with E-state index in [-0.39, 0.29) is 12.1 Å². The van der Waals surface area contributed by atoms with Crippen molar-refractivity contribution in [2.45, 2.75) is 57.2 Å². The Balaban J connectivity index is 3.30. The van der Waals surface area contributed by atoms with E-state index < -0.39 is 0 Å². The second-order valence-electron chi connectivity index (χ2n) is 4.36. The van der Waals surface area contributed by atoms with Gasteiger partial charge in [-0.05, 0) is 31.9 Å². The highest BCUT2D eigenvalue weighted by molar-refractivity contribution is 7.99. The van der Waals surface area contributed by atoms with Gasteiger partial charge in [-0.15, -0.1) is 0 Å². The summed E-state index contributed by atoms with van der Waals surface area (Å²) in [6.45, 7) is 6.49. The third-order valence-electron chi connectivity index (χ3n) is 2.48. The van der Waals surface area contributed by atoms with E-state index in [2.05, 4.69) is 13.8 Å². The number of rotatable bonds is 8. The second-order valence-corrected chi connectivity index (χ2v) is 5.91. The fourth-order valence-corrected chi connectivity index (χ4v) is 2.12. The van der Waals surface area contributed by atoms with Crippen LogP contribution in [0, 0.1) is 0 Å². The van der Waals surface area contributed by atoms with Crippen LogP contribution in [0.25, 0.3) is 0 Å². The standard InChI is InChI=1S/C11H25NOS/c1-4-10(2)14-8-6-5-7-11(3,12)9-13/h10,13H,4-9,12H2,1-3H3. The highest BCUT2D eigenvalue weighted by Gasteiger charge is 2.15. The highest BCUT2D eigenvalue weighted by atomic mass is 32.2. The number of hydrogen-bond donors (Lipinski definition) is 2. The molecule has 0 aromatic heterocycles. The molecule has 0 radical (unpaired) electrons. The van der Waals surface area contributed by atoms with E-state index in [4.69, 9.17) is 10.8 Å². The lowest BCUT2D eigenvalue weighted by Gasteiger charge is -2.21. The van der Waals surface area contributed by atoms with Crippen molar-refractivity contribution in [1.29, 1.82) is 0 Å². The van der Waals surface area contributed by atoms with Crippen LogP contribution in [-0.4, -0.2) is 28.3 Å². The molecule has 86 valence electrons. The number of unbranched alkanes of at least 4 members (excludes halogenated alkanes) is 1. The third kappa shape index (κ3) is 7.65. The van der Waals surface area contributed by atoms with Crippen LogP contribution in [0.2, 0.25) is 0 Å². The van der Waals surface area contributed by atoms with Crippen LogP contribution in [0.1, 0.15) is 46.5 Å². The van der Waals surface area contributed by atoms with E-state index in [0.29, 0.717) is 0 Å². The summed E-state index contributed by atoms with van der Waals surface area (Å²) in [4.78, 5) is 0. The summed E-state index contributed by atoms with van der Waals surface area (Å²) in [7, 11) is 0. The molecule has 0 saturated heterocycles. The first-order chi connectivity index (χ1) is 6.52. The number of nitrogens with two attached hydrogens (primary N) is 1. The first-order valence-corrected chi connectivity index (χ1v) is 6.58. The van der Waals surface area contributed by atoms with Crippen molar-refractivity contribution < 1.29 is 5.11 Å². The quantitative estimate of drug-likeness (QED) is 0.616. The average Bonchev–Trinajstić information content (AvgIpc) is 2.17. The van der Waals surface area contributed by atoms with Crippen LogP contribution in [0.15, 0.2) is 0 Å². The molecule has 0 fully saturated rings. The molecule has 0 spiro atoms. The molecule has 14 heavy (non-hydrogen) atoms. The number of aliphatic hydroxyl groups is 1. The maximum Gasteiger partial charge on any atom is 0.0608 e. The molecule has 0 heterocycles. The highest BCUT2D eigenvalue weighted by Crippen LogP contribution is 2.17. The molecular formula is C11H25NOS. The fourth-order valence-electron chi connectivity index (χ4n) is 1.11. The topological polar surface area (TPSA) is 46.2 Å². The SMILES string of the molecule is CCC(C)SCCCCC(C)(N)CO. The van der Waals surface area contributed by atoms with Gasteiger partial charge in [0.05, 0.1) is 6.61 Å². The minimum absolute atomic E-state index is 0.0888. The number of hydrogen-bond acceptors (Lipinski definition) is 3. The number of aliphatic hydroxyl groups excluding tert-OH is 1. The van der Waals surface area contributed by atoms with Gasteiger partial charge in [-0.3, -0.25) is 0 Å². The summed E-state index contributed by atoms with van der Waals surface area (Å²) in [6.07, 6.45) is 4.50. The van der Waals surface area contributed by atoms with Gasteiger partial charge < -0.3 is 10.8 Å². The Labute approximate surface area is 92.6 Å². The fraction of sp³-hybridized carbons (Fsp3) is 1.00. The van der Waals surface area contributed by atoms with Gasteiger partial charge >= 0.3 is 0 Å². The zero-order valence-corrected chi connectivity index (χ0v) is 10.6. The van der Waals surface area contributed by atoms with E-state index in [0.717, 1.165) is 18.1 Å². The van der Waals surface area contributed by atoms with Crippen LogP contribution in [-0.2, 0) is 0 Å². The van der Waals surface area contributed by atoms with Gasteiger partial charge in [-0.25, -0.2) is 0 Å². The van der Waals surface area contributed by atoms with Crippen molar-refractivity contribution in [1.82, 2.24) is 0 Å². The summed E-state index contributed by atoms with van der Waals surface area (Å²) >= 11 is 2.03. The van der Waals surface area contributed by atoms with Gasteiger partial charge in [0.2, 0.25) is 0 Å². The first kappa shape index (κ1) is 14.3. The average molecular weight is 219 g/mol. The lowest BCUT2D eigenvalue weighted by Crippen LogP contribution is -2.39. The largest absolute Gasteiger partial charge is 0.394 e. The lowest BCUT2D eigenvalue weighted by atomic mass is 9.98. The molecule has 0 aliphatic rings. The molecule has 0 rings (SSSR count). The van der Waals surface area contributed by atoms with Crippen molar-refractivity contribution in [2.24, 2.45) is 5.73 Å². The molecule has 0 bridgehead atoms. The number of thioether (sulfide) groups is 1. The van der Waals surface area contributed by atoms with E-state index in [1.54, 1.807) is 0 Å². The van der Waals surface area contributed by atoms with Crippen LogP contribution in [0.3, 0.4) is 0 Å². The minimum atomic E-state index is -0.374. The molecule has 2 atom stereocenters. The molecular weight excluding hydrogens is 194 g/mol. The van der Waals surface area contributed by atoms with E-state index in [1.165, 1.54) is 18.6 Å². The van der Waals surface area contributed by atoms with E-state index >= 15 is 0 Å². The Morgan fingerprint density at radius 1 is 1.43 bits per heavy atom. The van der Waals surface area contributed by atoms with Crippen molar-refractivity contribution in [3.05, 3.63) is 0 Å². The molecule has 0 aromatic rings. The maximum absolute atomic E-state index is 8.95. The molecule has 0 amide bonds. The summed E-state index contributed by atoms with van der Waals surface area (Å²) in [5.74, 6) is 1.22. The van der Waals surface area contributed by atoms with Gasteiger partial charge in [-0.2, -0.15) is 11.8 Å². The molecule has 0 aliphatic heterocycles. The van der Waals surface area contributed by atoms with Crippen molar-refractivity contribution in [3.8, 4) is 0 Å². The van der Waals surface area contributed by atoms with Crippen LogP contribution < -0.4 is 5.73 Å². The molecule has 0 aromatic carbocycles. The summed E-state index contributed by atoms with van der Waals surface area (Å²) in [5, 5.41) is 9.72. The van der Waals surface area contributed by atoms with Crippen LogP contribution in [0.4, 0.5) is 0 Å². The zero-order chi connectivity index (χ0) is 11.0. The Morgan fingerprint density at radius 2 is 2.07 bits per heavy atom. The van der Waals surface area contributed by atoms with E-state index in [9.17, 15) is 0 Å². The Morgan fingerprint density at radius 3 is 2.57 bits per heavy atom. The summed E-state index contributed by atoms with van der Waals surface area (Å²) < 4.78 is 0. The predicted octanol–water partition coefficient (Wildman–Crippen LogP) is 2.40. The normalized spacial score (nSPS) is 17.8. The van der Waals surface area contributed by atoms with Crippen molar-refractivity contribution in [3.63, 3.8) is 0 Å². The smallest absolute Gasteiger partial charge is 0.0608 e. The lowest BCUT2D eigenvalue weighted by molar-refractivity contribution is 0.198. The molecule has 2 nitrogen and oxygen atoms in total. The van der Waals surface area contributed by atoms with Crippen LogP contribution >= 0.6 is 11.8 Å². The van der Waals surface area contributed by atoms with Crippen molar-refractivity contribution in [2.75, 3.05) is 12.4 Å². The van der Waals surface area contributed by atoms with Gasteiger partial charge in [0.25, 0.3) is 0 Å². The maximum atomic E-state index is 8.95. The van der Waals surface area contributed by atoms with Gasteiger partial charge in [0.15, 0.2) is 0 Å². The first-order valence-electron chi connectivity index (χ1n) is 5.53. The third-order valence-corrected chi connectivity index (χ3v) is 3.91. The summed E-state index contributed by atoms with van der Waals surface area (Å²) in [6, 6.07) is 0. The van der Waals surface area contributed by atoms with Gasteiger partial charge in [0, 0.05) is 10.8 Å². The van der Waals surface area contributed by atoms with Crippen molar-refractivity contribution >= 4 is 11.8 Å². The van der Waals surface area contributed by atoms with Gasteiger partial charge in [-0.1, -0.05) is 20.3 Å². The minimum Gasteiger partial charge on any atom is -0.394 e. The molecule has 0 saturated carbocycles. The Kier molecular flexibility index (Phi) is 7.69. The monoisotopic (exact) mass is 219 g/mol. The second kappa shape index (κ2) is 7.55. The Bertz CT molecular complexity index is 139. The molecule has 0 aliphatic carbocycles. The van der Waals surface area contributed by atoms with Crippen LogP contribution in [0.5, 0.6) is 0 Å². The predicted molar refractivity (Wildman–Crippen MR) is 65.7 cm³/mol. The van der Waals surface area contributed by atoms with Gasteiger partial charge in [0.1, 0.15) is 0 Å². The molecule has 2 unspecified atom stereocenters. The van der Waals surface area contributed by atoms with E-state index in [1.807, 2.05) is 18.7 Å². The summed E-state index contributed by atoms with van der Waals surface area (Å²) in [5.41, 5.74) is 5.45. The molecule has 3 N–H and O–H groups in total. The Hall–Kier alpha value is 0.270. The molecule has 3 heteroatoms.